The molecule has 104 valence electrons. The van der Waals surface area contributed by atoms with Gasteiger partial charge in [0.15, 0.2) is 0 Å². The number of methoxy groups -OCH3 is 2. The monoisotopic (exact) mass is 336 g/mol. The van der Waals surface area contributed by atoms with Gasteiger partial charge in [0.2, 0.25) is 0 Å². The highest BCUT2D eigenvalue weighted by Gasteiger charge is 2.17. The summed E-state index contributed by atoms with van der Waals surface area (Å²) in [7, 11) is 3.05. The van der Waals surface area contributed by atoms with Crippen LogP contribution in [-0.2, 0) is 0 Å². The SMILES string of the molecule is COc1cc(Br)c(OC)c(C(=O)Nc2ccncc2)c1. The van der Waals surface area contributed by atoms with Gasteiger partial charge in [-0.25, -0.2) is 0 Å². The van der Waals surface area contributed by atoms with Crippen molar-refractivity contribution in [2.45, 2.75) is 0 Å². The highest BCUT2D eigenvalue weighted by atomic mass is 79.9. The third-order valence-corrected chi connectivity index (χ3v) is 3.23. The van der Waals surface area contributed by atoms with Crippen LogP contribution >= 0.6 is 15.9 Å². The van der Waals surface area contributed by atoms with Gasteiger partial charge in [0, 0.05) is 18.1 Å². The molecule has 0 aliphatic heterocycles. The molecule has 0 saturated carbocycles. The molecule has 0 unspecified atom stereocenters. The molecule has 0 radical (unpaired) electrons. The molecule has 0 spiro atoms. The molecule has 5 nitrogen and oxygen atoms in total. The number of nitrogens with zero attached hydrogens (tertiary/aromatic N) is 1. The summed E-state index contributed by atoms with van der Waals surface area (Å²) in [6.07, 6.45) is 3.21. The number of halogens is 1. The molecule has 0 saturated heterocycles. The van der Waals surface area contributed by atoms with E-state index in [1.807, 2.05) is 0 Å². The van der Waals surface area contributed by atoms with Crippen LogP contribution in [0.1, 0.15) is 10.4 Å². The molecule has 2 rings (SSSR count). The van der Waals surface area contributed by atoms with Crippen molar-refractivity contribution in [2.75, 3.05) is 19.5 Å². The third kappa shape index (κ3) is 3.08. The van der Waals surface area contributed by atoms with Crippen LogP contribution in [0.5, 0.6) is 11.5 Å². The average molecular weight is 337 g/mol. The zero-order valence-electron chi connectivity index (χ0n) is 11.0. The number of anilines is 1. The van der Waals surface area contributed by atoms with Gasteiger partial charge in [0.05, 0.1) is 24.3 Å². The number of hydrogen-bond acceptors (Lipinski definition) is 4. The highest BCUT2D eigenvalue weighted by molar-refractivity contribution is 9.10. The number of carbonyl (C=O) groups is 1. The van der Waals surface area contributed by atoms with Crippen LogP contribution < -0.4 is 14.8 Å². The fourth-order valence-electron chi connectivity index (χ4n) is 1.70. The first kappa shape index (κ1) is 14.3. The minimum Gasteiger partial charge on any atom is -0.497 e. The van der Waals surface area contributed by atoms with Crippen LogP contribution in [-0.4, -0.2) is 25.1 Å². The van der Waals surface area contributed by atoms with Gasteiger partial charge < -0.3 is 14.8 Å². The van der Waals surface area contributed by atoms with Crippen molar-refractivity contribution in [3.63, 3.8) is 0 Å². The second-order valence-electron chi connectivity index (χ2n) is 3.88. The Balaban J connectivity index is 2.35. The predicted octanol–water partition coefficient (Wildman–Crippen LogP) is 3.11. The van der Waals surface area contributed by atoms with E-state index in [2.05, 4.69) is 26.2 Å². The van der Waals surface area contributed by atoms with Crippen molar-refractivity contribution < 1.29 is 14.3 Å². The molecule has 1 amide bonds. The van der Waals surface area contributed by atoms with Gasteiger partial charge in [0.1, 0.15) is 11.5 Å². The number of benzene rings is 1. The smallest absolute Gasteiger partial charge is 0.259 e. The van der Waals surface area contributed by atoms with Crippen LogP contribution in [0.25, 0.3) is 0 Å². The molecule has 1 aromatic carbocycles. The first-order valence-electron chi connectivity index (χ1n) is 5.78. The van der Waals surface area contributed by atoms with E-state index in [0.717, 1.165) is 0 Å². The quantitative estimate of drug-likeness (QED) is 0.931. The van der Waals surface area contributed by atoms with Crippen molar-refractivity contribution >= 4 is 27.5 Å². The number of ether oxygens (including phenoxy) is 2. The molecule has 6 heteroatoms. The fraction of sp³-hybridized carbons (Fsp3) is 0.143. The van der Waals surface area contributed by atoms with E-state index < -0.39 is 0 Å². The zero-order valence-corrected chi connectivity index (χ0v) is 12.6. The van der Waals surface area contributed by atoms with Crippen molar-refractivity contribution in [3.05, 3.63) is 46.7 Å². The third-order valence-electron chi connectivity index (χ3n) is 2.64. The molecule has 1 aromatic heterocycles. The lowest BCUT2D eigenvalue weighted by Gasteiger charge is -2.12. The zero-order chi connectivity index (χ0) is 14.5. The fourth-order valence-corrected chi connectivity index (χ4v) is 2.30. The molecule has 0 fully saturated rings. The first-order valence-corrected chi connectivity index (χ1v) is 6.58. The van der Waals surface area contributed by atoms with Gasteiger partial charge in [-0.1, -0.05) is 0 Å². The number of pyridine rings is 1. The normalized spacial score (nSPS) is 9.95. The van der Waals surface area contributed by atoms with Crippen LogP contribution in [0, 0.1) is 0 Å². The van der Waals surface area contributed by atoms with E-state index in [1.165, 1.54) is 7.11 Å². The van der Waals surface area contributed by atoms with E-state index in [4.69, 9.17) is 9.47 Å². The molecule has 0 bridgehead atoms. The molecular formula is C14H13BrN2O3. The van der Waals surface area contributed by atoms with Crippen molar-refractivity contribution in [2.24, 2.45) is 0 Å². The maximum Gasteiger partial charge on any atom is 0.259 e. The number of carbonyl (C=O) groups excluding carboxylic acids is 1. The summed E-state index contributed by atoms with van der Waals surface area (Å²) in [6, 6.07) is 6.78. The summed E-state index contributed by atoms with van der Waals surface area (Å²) >= 11 is 3.36. The Bertz CT molecular complexity index is 617. The molecule has 20 heavy (non-hydrogen) atoms. The van der Waals surface area contributed by atoms with Crippen LogP contribution in [0.3, 0.4) is 0 Å². The van der Waals surface area contributed by atoms with Gasteiger partial charge in [-0.15, -0.1) is 0 Å². The Labute approximate surface area is 125 Å². The van der Waals surface area contributed by atoms with Crippen molar-refractivity contribution in [3.8, 4) is 11.5 Å². The number of hydrogen-bond donors (Lipinski definition) is 1. The lowest BCUT2D eigenvalue weighted by Crippen LogP contribution is -2.13. The predicted molar refractivity (Wildman–Crippen MR) is 79.4 cm³/mol. The lowest BCUT2D eigenvalue weighted by molar-refractivity contribution is 0.102. The van der Waals surface area contributed by atoms with E-state index in [1.54, 1.807) is 43.8 Å². The van der Waals surface area contributed by atoms with E-state index >= 15 is 0 Å². The Hall–Kier alpha value is -2.08. The molecular weight excluding hydrogens is 324 g/mol. The number of amides is 1. The number of nitrogens with one attached hydrogen (secondary N) is 1. The van der Waals surface area contributed by atoms with E-state index in [-0.39, 0.29) is 5.91 Å². The number of rotatable bonds is 4. The Morgan fingerprint density at radius 1 is 1.20 bits per heavy atom. The van der Waals surface area contributed by atoms with Gasteiger partial charge in [-0.05, 0) is 40.2 Å². The maximum atomic E-state index is 12.3. The first-order chi connectivity index (χ1) is 9.65. The van der Waals surface area contributed by atoms with Gasteiger partial charge in [0.25, 0.3) is 5.91 Å². The number of aromatic nitrogens is 1. The van der Waals surface area contributed by atoms with Crippen molar-refractivity contribution in [1.29, 1.82) is 0 Å². The van der Waals surface area contributed by atoms with Crippen LogP contribution in [0.4, 0.5) is 5.69 Å². The van der Waals surface area contributed by atoms with Gasteiger partial charge in [-0.3, -0.25) is 9.78 Å². The van der Waals surface area contributed by atoms with Crippen LogP contribution in [0.15, 0.2) is 41.1 Å². The standard InChI is InChI=1S/C14H13BrN2O3/c1-19-10-7-11(13(20-2)12(15)8-10)14(18)17-9-3-5-16-6-4-9/h3-8H,1-2H3,(H,16,17,18). The molecule has 1 N–H and O–H groups in total. The topological polar surface area (TPSA) is 60.5 Å². The summed E-state index contributed by atoms with van der Waals surface area (Å²) in [5.74, 6) is 0.738. The summed E-state index contributed by atoms with van der Waals surface area (Å²) in [5, 5.41) is 2.78. The summed E-state index contributed by atoms with van der Waals surface area (Å²) in [5.41, 5.74) is 1.04. The minimum absolute atomic E-state index is 0.285. The highest BCUT2D eigenvalue weighted by Crippen LogP contribution is 2.33. The second-order valence-corrected chi connectivity index (χ2v) is 4.73. The lowest BCUT2D eigenvalue weighted by atomic mass is 10.1. The summed E-state index contributed by atoms with van der Waals surface area (Å²) in [6.45, 7) is 0. The average Bonchev–Trinajstić information content (AvgIpc) is 2.47. The Morgan fingerprint density at radius 3 is 2.50 bits per heavy atom. The molecule has 0 aliphatic rings. The molecule has 1 heterocycles. The summed E-state index contributed by atoms with van der Waals surface area (Å²) in [4.78, 5) is 16.2. The Morgan fingerprint density at radius 2 is 1.90 bits per heavy atom. The van der Waals surface area contributed by atoms with Gasteiger partial charge in [-0.2, -0.15) is 0 Å². The molecule has 2 aromatic rings. The largest absolute Gasteiger partial charge is 0.497 e. The van der Waals surface area contributed by atoms with E-state index in [9.17, 15) is 4.79 Å². The van der Waals surface area contributed by atoms with Crippen LogP contribution in [0.2, 0.25) is 0 Å². The summed E-state index contributed by atoms with van der Waals surface area (Å²) < 4.78 is 11.1. The Kier molecular flexibility index (Phi) is 4.57. The second kappa shape index (κ2) is 6.38. The van der Waals surface area contributed by atoms with Gasteiger partial charge >= 0.3 is 0 Å². The maximum absolute atomic E-state index is 12.3. The molecule has 0 atom stereocenters. The molecule has 0 aliphatic carbocycles. The van der Waals surface area contributed by atoms with E-state index in [0.29, 0.717) is 27.2 Å². The minimum atomic E-state index is -0.285. The van der Waals surface area contributed by atoms with Crippen molar-refractivity contribution in [1.82, 2.24) is 4.98 Å².